The Bertz CT molecular complexity index is 647. The van der Waals surface area contributed by atoms with Crippen molar-refractivity contribution in [2.45, 2.75) is 26.1 Å². The molecule has 1 aliphatic rings. The largest absolute Gasteiger partial charge is 0.372 e. The van der Waals surface area contributed by atoms with Crippen molar-refractivity contribution in [2.75, 3.05) is 18.0 Å². The van der Waals surface area contributed by atoms with Gasteiger partial charge in [-0.25, -0.2) is 4.98 Å². The molecule has 2 atom stereocenters. The molecule has 1 aromatic carbocycles. The summed E-state index contributed by atoms with van der Waals surface area (Å²) in [7, 11) is 0. The summed E-state index contributed by atoms with van der Waals surface area (Å²) in [4.78, 5) is 18.2. The van der Waals surface area contributed by atoms with E-state index in [-0.39, 0.29) is 12.2 Å². The van der Waals surface area contributed by atoms with Gasteiger partial charge in [-0.2, -0.15) is 0 Å². The van der Waals surface area contributed by atoms with Gasteiger partial charge in [-0.1, -0.05) is 30.3 Å². The first-order chi connectivity index (χ1) is 10.7. The van der Waals surface area contributed by atoms with Gasteiger partial charge in [-0.05, 0) is 25.5 Å². The monoisotopic (exact) mass is 296 g/mol. The van der Waals surface area contributed by atoms with Gasteiger partial charge >= 0.3 is 0 Å². The van der Waals surface area contributed by atoms with E-state index in [0.29, 0.717) is 5.56 Å². The molecule has 0 bridgehead atoms. The molecule has 1 aliphatic heterocycles. The Balaban J connectivity index is 1.94. The zero-order valence-electron chi connectivity index (χ0n) is 12.9. The van der Waals surface area contributed by atoms with Gasteiger partial charge < -0.3 is 9.64 Å². The van der Waals surface area contributed by atoms with Crippen LogP contribution >= 0.6 is 0 Å². The summed E-state index contributed by atoms with van der Waals surface area (Å²) in [5.74, 6) is 0.747. The predicted octanol–water partition coefficient (Wildman–Crippen LogP) is 3.17. The normalized spacial score (nSPS) is 21.6. The van der Waals surface area contributed by atoms with Gasteiger partial charge in [0.25, 0.3) is 0 Å². The van der Waals surface area contributed by atoms with Crippen LogP contribution in [0.15, 0.2) is 42.6 Å². The number of ether oxygens (including phenoxy) is 1. The zero-order chi connectivity index (χ0) is 15.5. The molecule has 2 heterocycles. The number of morpholine rings is 1. The maximum Gasteiger partial charge on any atom is 0.153 e. The summed E-state index contributed by atoms with van der Waals surface area (Å²) in [6.45, 7) is 5.59. The molecule has 0 aliphatic carbocycles. The van der Waals surface area contributed by atoms with Crippen molar-refractivity contribution in [3.63, 3.8) is 0 Å². The molecule has 1 saturated heterocycles. The van der Waals surface area contributed by atoms with E-state index < -0.39 is 0 Å². The number of anilines is 1. The van der Waals surface area contributed by atoms with Crippen LogP contribution in [0, 0.1) is 0 Å². The highest BCUT2D eigenvalue weighted by atomic mass is 16.5. The van der Waals surface area contributed by atoms with Crippen LogP contribution in [0.5, 0.6) is 0 Å². The molecule has 4 heteroatoms. The van der Waals surface area contributed by atoms with Gasteiger partial charge in [0, 0.05) is 24.8 Å². The summed E-state index contributed by atoms with van der Waals surface area (Å²) in [6, 6.07) is 11.9. The molecule has 0 N–H and O–H groups in total. The number of hydrogen-bond donors (Lipinski definition) is 0. The number of hydrogen-bond acceptors (Lipinski definition) is 4. The molecule has 0 saturated carbocycles. The lowest BCUT2D eigenvalue weighted by Crippen LogP contribution is -2.46. The highest BCUT2D eigenvalue weighted by molar-refractivity contribution is 5.85. The smallest absolute Gasteiger partial charge is 0.153 e. The summed E-state index contributed by atoms with van der Waals surface area (Å²) in [6.07, 6.45) is 3.00. The summed E-state index contributed by atoms with van der Waals surface area (Å²) >= 11 is 0. The van der Waals surface area contributed by atoms with Crippen molar-refractivity contribution in [1.82, 2.24) is 4.98 Å². The van der Waals surface area contributed by atoms with Crippen LogP contribution < -0.4 is 4.90 Å². The maximum atomic E-state index is 11.5. The fraction of sp³-hybridized carbons (Fsp3) is 0.333. The van der Waals surface area contributed by atoms with Crippen LogP contribution in [0.3, 0.4) is 0 Å². The van der Waals surface area contributed by atoms with Crippen LogP contribution in [-0.2, 0) is 4.74 Å². The predicted molar refractivity (Wildman–Crippen MR) is 87.3 cm³/mol. The quantitative estimate of drug-likeness (QED) is 0.816. The molecule has 0 spiro atoms. The van der Waals surface area contributed by atoms with Crippen LogP contribution in [0.1, 0.15) is 24.2 Å². The maximum absolute atomic E-state index is 11.5. The number of aromatic nitrogens is 1. The second kappa shape index (κ2) is 6.28. The standard InChI is InChI=1S/C18H20N2O2/c1-13-10-20(11-14(2)22-13)18-17(12-21)8-16(9-19-18)15-6-4-3-5-7-15/h3-9,12-14H,10-11H2,1-2H3. The first-order valence-electron chi connectivity index (χ1n) is 7.58. The minimum atomic E-state index is 0.138. The number of nitrogens with zero attached hydrogens (tertiary/aromatic N) is 2. The van der Waals surface area contributed by atoms with E-state index in [1.165, 1.54) is 0 Å². The molecule has 4 nitrogen and oxygen atoms in total. The molecule has 1 fully saturated rings. The Kier molecular flexibility index (Phi) is 4.20. The molecule has 2 unspecified atom stereocenters. The average molecular weight is 296 g/mol. The van der Waals surface area contributed by atoms with Crippen LogP contribution in [0.4, 0.5) is 5.82 Å². The van der Waals surface area contributed by atoms with Crippen LogP contribution in [0.25, 0.3) is 11.1 Å². The van der Waals surface area contributed by atoms with E-state index in [9.17, 15) is 4.79 Å². The first-order valence-corrected chi connectivity index (χ1v) is 7.58. The van der Waals surface area contributed by atoms with Crippen molar-refractivity contribution in [3.05, 3.63) is 48.2 Å². The molecule has 1 aromatic heterocycles. The fourth-order valence-electron chi connectivity index (χ4n) is 2.96. The van der Waals surface area contributed by atoms with Gasteiger partial charge in [0.15, 0.2) is 6.29 Å². The lowest BCUT2D eigenvalue weighted by Gasteiger charge is -2.36. The van der Waals surface area contributed by atoms with Gasteiger partial charge in [-0.3, -0.25) is 4.79 Å². The van der Waals surface area contributed by atoms with Crippen molar-refractivity contribution in [1.29, 1.82) is 0 Å². The zero-order valence-corrected chi connectivity index (χ0v) is 12.9. The van der Waals surface area contributed by atoms with Crippen LogP contribution in [-0.4, -0.2) is 36.6 Å². The Labute approximate surface area is 130 Å². The number of rotatable bonds is 3. The molecule has 2 aromatic rings. The number of carbonyl (C=O) groups is 1. The minimum Gasteiger partial charge on any atom is -0.372 e. The van der Waals surface area contributed by atoms with Gasteiger partial charge in [0.1, 0.15) is 5.82 Å². The highest BCUT2D eigenvalue weighted by Crippen LogP contribution is 2.26. The summed E-state index contributed by atoms with van der Waals surface area (Å²) in [5, 5.41) is 0. The SMILES string of the molecule is CC1CN(c2ncc(-c3ccccc3)cc2C=O)CC(C)O1. The summed E-state index contributed by atoms with van der Waals surface area (Å²) < 4.78 is 5.75. The molecule has 22 heavy (non-hydrogen) atoms. The average Bonchev–Trinajstić information content (AvgIpc) is 2.54. The Hall–Kier alpha value is -2.20. The fourth-order valence-corrected chi connectivity index (χ4v) is 2.96. The number of benzene rings is 1. The molecule has 0 radical (unpaired) electrons. The van der Waals surface area contributed by atoms with E-state index in [4.69, 9.17) is 4.74 Å². The van der Waals surface area contributed by atoms with E-state index in [1.54, 1.807) is 0 Å². The highest BCUT2D eigenvalue weighted by Gasteiger charge is 2.25. The second-order valence-corrected chi connectivity index (χ2v) is 5.78. The van der Waals surface area contributed by atoms with Crippen molar-refractivity contribution in [3.8, 4) is 11.1 Å². The van der Waals surface area contributed by atoms with E-state index >= 15 is 0 Å². The molecule has 114 valence electrons. The second-order valence-electron chi connectivity index (χ2n) is 5.78. The number of pyridine rings is 1. The van der Waals surface area contributed by atoms with Crippen molar-refractivity contribution in [2.24, 2.45) is 0 Å². The molecule has 3 rings (SSSR count). The Morgan fingerprint density at radius 2 is 1.82 bits per heavy atom. The lowest BCUT2D eigenvalue weighted by molar-refractivity contribution is -0.00549. The third-order valence-corrected chi connectivity index (χ3v) is 3.85. The Morgan fingerprint density at radius 3 is 2.45 bits per heavy atom. The van der Waals surface area contributed by atoms with E-state index in [1.807, 2.05) is 56.4 Å². The number of carbonyl (C=O) groups excluding carboxylic acids is 1. The molecular weight excluding hydrogens is 276 g/mol. The lowest BCUT2D eigenvalue weighted by atomic mass is 10.1. The van der Waals surface area contributed by atoms with Crippen LogP contribution in [0.2, 0.25) is 0 Å². The van der Waals surface area contributed by atoms with Gasteiger partial charge in [0.05, 0.1) is 17.8 Å². The Morgan fingerprint density at radius 1 is 1.14 bits per heavy atom. The van der Waals surface area contributed by atoms with Gasteiger partial charge in [0.2, 0.25) is 0 Å². The third-order valence-electron chi connectivity index (χ3n) is 3.85. The topological polar surface area (TPSA) is 42.4 Å². The molecular formula is C18H20N2O2. The molecule has 0 amide bonds. The van der Waals surface area contributed by atoms with Crippen molar-refractivity contribution >= 4 is 12.1 Å². The first kappa shape index (κ1) is 14.7. The van der Waals surface area contributed by atoms with Gasteiger partial charge in [-0.15, -0.1) is 0 Å². The minimum absolute atomic E-state index is 0.138. The number of aldehydes is 1. The summed E-state index contributed by atoms with van der Waals surface area (Å²) in [5.41, 5.74) is 2.65. The van der Waals surface area contributed by atoms with Crippen molar-refractivity contribution < 1.29 is 9.53 Å². The third kappa shape index (κ3) is 3.02. The van der Waals surface area contributed by atoms with E-state index in [0.717, 1.165) is 36.3 Å². The van der Waals surface area contributed by atoms with E-state index in [2.05, 4.69) is 9.88 Å².